The zero-order chi connectivity index (χ0) is 13.5. The summed E-state index contributed by atoms with van der Waals surface area (Å²) >= 11 is 0. The van der Waals surface area contributed by atoms with Gasteiger partial charge in [0.15, 0.2) is 5.78 Å². The van der Waals surface area contributed by atoms with Crippen molar-refractivity contribution in [2.24, 2.45) is 5.92 Å². The minimum atomic E-state index is 0.230. The molecule has 1 rings (SSSR count). The first-order valence-corrected chi connectivity index (χ1v) is 6.84. The Kier molecular flexibility index (Phi) is 6.06. The lowest BCUT2D eigenvalue weighted by atomic mass is 9.99. The first-order chi connectivity index (χ1) is 8.49. The summed E-state index contributed by atoms with van der Waals surface area (Å²) in [6.07, 6.45) is 1.61. The van der Waals surface area contributed by atoms with E-state index >= 15 is 0 Å². The zero-order valence-electron chi connectivity index (χ0n) is 12.0. The maximum atomic E-state index is 12.0. The Balaban J connectivity index is 2.57. The molecule has 0 aliphatic heterocycles. The predicted octanol–water partition coefficient (Wildman–Crippen LogP) is 3.46. The lowest BCUT2D eigenvalue weighted by Crippen LogP contribution is -2.25. The molecule has 0 radical (unpaired) electrons. The van der Waals surface area contributed by atoms with Crippen LogP contribution in [0.2, 0.25) is 0 Å². The van der Waals surface area contributed by atoms with Gasteiger partial charge < -0.3 is 5.32 Å². The number of benzene rings is 1. The van der Waals surface area contributed by atoms with E-state index in [1.807, 2.05) is 18.2 Å². The van der Waals surface area contributed by atoms with Crippen molar-refractivity contribution >= 4 is 5.78 Å². The molecule has 0 unspecified atom stereocenters. The number of ketones is 1. The van der Waals surface area contributed by atoms with Crippen LogP contribution in [0.5, 0.6) is 0 Å². The van der Waals surface area contributed by atoms with Crippen molar-refractivity contribution in [1.82, 2.24) is 5.32 Å². The molecule has 0 aliphatic carbocycles. The highest BCUT2D eigenvalue weighted by molar-refractivity contribution is 5.96. The Hall–Kier alpha value is -1.15. The van der Waals surface area contributed by atoms with E-state index < -0.39 is 0 Å². The molecule has 18 heavy (non-hydrogen) atoms. The number of hydrogen-bond acceptors (Lipinski definition) is 2. The number of hydrogen-bond donors (Lipinski definition) is 1. The molecular formula is C16H25NO. The van der Waals surface area contributed by atoms with E-state index in [0.29, 0.717) is 18.4 Å². The van der Waals surface area contributed by atoms with Crippen molar-refractivity contribution < 1.29 is 4.79 Å². The van der Waals surface area contributed by atoms with E-state index in [1.54, 1.807) is 0 Å². The van der Waals surface area contributed by atoms with Crippen LogP contribution >= 0.6 is 0 Å². The van der Waals surface area contributed by atoms with Crippen molar-refractivity contribution in [3.63, 3.8) is 0 Å². The third-order valence-corrected chi connectivity index (χ3v) is 2.80. The van der Waals surface area contributed by atoms with E-state index in [2.05, 4.69) is 39.1 Å². The first kappa shape index (κ1) is 14.9. The minimum absolute atomic E-state index is 0.230. The Morgan fingerprint density at radius 1 is 1.22 bits per heavy atom. The number of carbonyl (C=O) groups excluding carboxylic acids is 1. The largest absolute Gasteiger partial charge is 0.314 e. The Bertz CT molecular complexity index is 382. The maximum absolute atomic E-state index is 12.0. The van der Waals surface area contributed by atoms with E-state index in [9.17, 15) is 4.79 Å². The summed E-state index contributed by atoms with van der Waals surface area (Å²) in [4.78, 5) is 12.0. The van der Waals surface area contributed by atoms with Gasteiger partial charge in [-0.1, -0.05) is 45.9 Å². The fourth-order valence-corrected chi connectivity index (χ4v) is 1.96. The van der Waals surface area contributed by atoms with Gasteiger partial charge in [-0.05, 0) is 24.0 Å². The van der Waals surface area contributed by atoms with E-state index in [-0.39, 0.29) is 5.78 Å². The molecule has 0 fully saturated rings. The third-order valence-electron chi connectivity index (χ3n) is 2.80. The second-order valence-electron chi connectivity index (χ2n) is 5.58. The monoisotopic (exact) mass is 247 g/mol. The molecule has 0 heterocycles. The minimum Gasteiger partial charge on any atom is -0.314 e. The lowest BCUT2D eigenvalue weighted by Gasteiger charge is -2.09. The average molecular weight is 247 g/mol. The molecule has 0 spiro atoms. The van der Waals surface area contributed by atoms with Crippen LogP contribution in [-0.4, -0.2) is 18.4 Å². The highest BCUT2D eigenvalue weighted by Crippen LogP contribution is 2.12. The average Bonchev–Trinajstić information content (AvgIpc) is 2.27. The Morgan fingerprint density at radius 2 is 1.94 bits per heavy atom. The van der Waals surface area contributed by atoms with Crippen LogP contribution in [0.4, 0.5) is 0 Å². The molecule has 0 bridgehead atoms. The van der Waals surface area contributed by atoms with Crippen LogP contribution in [-0.2, 0) is 6.42 Å². The van der Waals surface area contributed by atoms with E-state index in [4.69, 9.17) is 0 Å². The van der Waals surface area contributed by atoms with Gasteiger partial charge in [-0.3, -0.25) is 4.79 Å². The fourth-order valence-electron chi connectivity index (χ4n) is 1.96. The van der Waals surface area contributed by atoms with Crippen molar-refractivity contribution in [2.45, 2.75) is 46.6 Å². The summed E-state index contributed by atoms with van der Waals surface area (Å²) in [5.74, 6) is 0.853. The Morgan fingerprint density at radius 3 is 2.56 bits per heavy atom. The van der Waals surface area contributed by atoms with Gasteiger partial charge in [0.05, 0.1) is 0 Å². The molecule has 0 saturated carbocycles. The molecule has 0 atom stereocenters. The predicted molar refractivity (Wildman–Crippen MR) is 77.1 cm³/mol. The maximum Gasteiger partial charge on any atom is 0.164 e. The summed E-state index contributed by atoms with van der Waals surface area (Å²) in [5.41, 5.74) is 2.10. The van der Waals surface area contributed by atoms with Crippen molar-refractivity contribution in [3.05, 3.63) is 35.4 Å². The van der Waals surface area contributed by atoms with Crippen LogP contribution in [0.3, 0.4) is 0 Å². The fraction of sp³-hybridized carbons (Fsp3) is 0.562. The lowest BCUT2D eigenvalue weighted by molar-refractivity contribution is 0.0982. The standard InChI is InChI=1S/C16H25NO/c1-12(2)10-14-6-5-7-15(11-14)16(18)8-9-17-13(3)4/h5-7,11-13,17H,8-10H2,1-4H3. The van der Waals surface area contributed by atoms with Crippen LogP contribution in [0.15, 0.2) is 24.3 Å². The molecule has 1 N–H and O–H groups in total. The summed E-state index contributed by atoms with van der Waals surface area (Å²) in [6, 6.07) is 8.48. The molecule has 2 nitrogen and oxygen atoms in total. The number of rotatable bonds is 7. The quantitative estimate of drug-likeness (QED) is 0.748. The van der Waals surface area contributed by atoms with Gasteiger partial charge in [-0.15, -0.1) is 0 Å². The number of nitrogens with one attached hydrogen (secondary N) is 1. The Labute approximate surface area is 111 Å². The number of carbonyl (C=O) groups is 1. The molecule has 1 aromatic rings. The molecule has 0 aliphatic rings. The smallest absolute Gasteiger partial charge is 0.164 e. The van der Waals surface area contributed by atoms with Gasteiger partial charge in [0.25, 0.3) is 0 Å². The second kappa shape index (κ2) is 7.32. The van der Waals surface area contributed by atoms with Gasteiger partial charge in [-0.25, -0.2) is 0 Å². The summed E-state index contributed by atoms with van der Waals surface area (Å²) in [5, 5.41) is 3.27. The topological polar surface area (TPSA) is 29.1 Å². The van der Waals surface area contributed by atoms with Gasteiger partial charge in [0.2, 0.25) is 0 Å². The van der Waals surface area contributed by atoms with Gasteiger partial charge >= 0.3 is 0 Å². The molecule has 1 aromatic carbocycles. The highest BCUT2D eigenvalue weighted by Gasteiger charge is 2.07. The van der Waals surface area contributed by atoms with Gasteiger partial charge in [0, 0.05) is 24.6 Å². The number of Topliss-reactive ketones (excluding diaryl/α,β-unsaturated/α-hetero) is 1. The highest BCUT2D eigenvalue weighted by atomic mass is 16.1. The van der Waals surface area contributed by atoms with Crippen molar-refractivity contribution in [3.8, 4) is 0 Å². The third kappa shape index (κ3) is 5.46. The molecule has 0 aromatic heterocycles. The normalized spacial score (nSPS) is 11.2. The summed E-state index contributed by atoms with van der Waals surface area (Å²) < 4.78 is 0. The summed E-state index contributed by atoms with van der Waals surface area (Å²) in [7, 11) is 0. The zero-order valence-corrected chi connectivity index (χ0v) is 12.0. The molecular weight excluding hydrogens is 222 g/mol. The summed E-state index contributed by atoms with van der Waals surface area (Å²) in [6.45, 7) is 9.33. The molecule has 100 valence electrons. The molecule has 2 heteroatoms. The van der Waals surface area contributed by atoms with Crippen LogP contribution in [0.1, 0.15) is 50.0 Å². The van der Waals surface area contributed by atoms with Crippen molar-refractivity contribution in [2.75, 3.05) is 6.54 Å². The van der Waals surface area contributed by atoms with E-state index in [0.717, 1.165) is 18.5 Å². The van der Waals surface area contributed by atoms with Gasteiger partial charge in [0.1, 0.15) is 0 Å². The first-order valence-electron chi connectivity index (χ1n) is 6.84. The van der Waals surface area contributed by atoms with Crippen LogP contribution < -0.4 is 5.32 Å². The van der Waals surface area contributed by atoms with Gasteiger partial charge in [-0.2, -0.15) is 0 Å². The van der Waals surface area contributed by atoms with Crippen molar-refractivity contribution in [1.29, 1.82) is 0 Å². The SMILES string of the molecule is CC(C)Cc1cccc(C(=O)CCNC(C)C)c1. The van der Waals surface area contributed by atoms with E-state index in [1.165, 1.54) is 5.56 Å². The molecule has 0 saturated heterocycles. The second-order valence-corrected chi connectivity index (χ2v) is 5.58. The molecule has 0 amide bonds. The van der Waals surface area contributed by atoms with Crippen LogP contribution in [0, 0.1) is 5.92 Å². The van der Waals surface area contributed by atoms with Crippen LogP contribution in [0.25, 0.3) is 0 Å².